The number of sulfone groups is 1. The Balaban J connectivity index is 1.73. The molecule has 2 rings (SSSR count). The second kappa shape index (κ2) is 4.65. The van der Waals surface area contributed by atoms with Gasteiger partial charge in [0.05, 0.1) is 5.75 Å². The lowest BCUT2D eigenvalue weighted by Gasteiger charge is -2.24. The molecule has 4 unspecified atom stereocenters. The monoisotopic (exact) mass is 245 g/mol. The summed E-state index contributed by atoms with van der Waals surface area (Å²) in [5, 5.41) is 0. The van der Waals surface area contributed by atoms with E-state index < -0.39 is 9.84 Å². The van der Waals surface area contributed by atoms with E-state index >= 15 is 0 Å². The van der Waals surface area contributed by atoms with Crippen molar-refractivity contribution in [1.29, 1.82) is 0 Å². The summed E-state index contributed by atoms with van der Waals surface area (Å²) in [5.74, 6) is 2.88. The molecule has 2 saturated carbocycles. The lowest BCUT2D eigenvalue weighted by Crippen LogP contribution is -2.28. The van der Waals surface area contributed by atoms with Gasteiger partial charge in [0.2, 0.25) is 0 Å². The Kier molecular flexibility index (Phi) is 3.59. The van der Waals surface area contributed by atoms with Gasteiger partial charge in [-0.1, -0.05) is 6.42 Å². The van der Waals surface area contributed by atoms with Crippen LogP contribution in [0.4, 0.5) is 0 Å². The molecule has 3 nitrogen and oxygen atoms in total. The molecule has 2 bridgehead atoms. The minimum atomic E-state index is -2.84. The first-order valence-electron chi connectivity index (χ1n) is 6.37. The molecule has 0 radical (unpaired) electrons. The summed E-state index contributed by atoms with van der Waals surface area (Å²) in [4.78, 5) is 0. The first-order chi connectivity index (χ1) is 7.44. The van der Waals surface area contributed by atoms with Gasteiger partial charge in [0.25, 0.3) is 0 Å². The molecule has 4 heteroatoms. The summed E-state index contributed by atoms with van der Waals surface area (Å²) >= 11 is 0. The molecule has 0 saturated heterocycles. The van der Waals surface area contributed by atoms with Crippen LogP contribution in [0.5, 0.6) is 0 Å². The van der Waals surface area contributed by atoms with Crippen LogP contribution in [0.1, 0.15) is 38.5 Å². The van der Waals surface area contributed by atoms with E-state index in [1.54, 1.807) is 0 Å². The maximum Gasteiger partial charge on any atom is 0.147 e. The summed E-state index contributed by atoms with van der Waals surface area (Å²) in [6.45, 7) is 0. The Hall–Kier alpha value is -0.0900. The Morgan fingerprint density at radius 2 is 2.06 bits per heavy atom. The van der Waals surface area contributed by atoms with Crippen LogP contribution in [0.2, 0.25) is 0 Å². The predicted molar refractivity (Wildman–Crippen MR) is 65.9 cm³/mol. The van der Waals surface area contributed by atoms with Crippen LogP contribution in [0, 0.1) is 17.8 Å². The average molecular weight is 245 g/mol. The van der Waals surface area contributed by atoms with E-state index in [9.17, 15) is 8.42 Å². The van der Waals surface area contributed by atoms with Gasteiger partial charge in [0.15, 0.2) is 0 Å². The van der Waals surface area contributed by atoms with Crippen molar-refractivity contribution < 1.29 is 8.42 Å². The zero-order valence-corrected chi connectivity index (χ0v) is 10.9. The molecular weight excluding hydrogens is 222 g/mol. The maximum atomic E-state index is 11.0. The van der Waals surface area contributed by atoms with Gasteiger partial charge < -0.3 is 5.73 Å². The van der Waals surface area contributed by atoms with Crippen LogP contribution in [-0.4, -0.2) is 26.5 Å². The van der Waals surface area contributed by atoms with E-state index in [1.807, 2.05) is 0 Å². The number of nitrogens with two attached hydrogens (primary N) is 1. The largest absolute Gasteiger partial charge is 0.328 e. The Morgan fingerprint density at radius 1 is 1.31 bits per heavy atom. The summed E-state index contributed by atoms with van der Waals surface area (Å²) < 4.78 is 22.1. The smallest absolute Gasteiger partial charge is 0.147 e. The van der Waals surface area contributed by atoms with E-state index in [0.717, 1.165) is 24.2 Å². The maximum absolute atomic E-state index is 11.0. The van der Waals surface area contributed by atoms with E-state index in [1.165, 1.54) is 31.9 Å². The fourth-order valence-corrected chi connectivity index (χ4v) is 4.27. The molecule has 2 N–H and O–H groups in total. The summed E-state index contributed by atoms with van der Waals surface area (Å²) in [7, 11) is -2.84. The molecule has 0 amide bonds. The van der Waals surface area contributed by atoms with Crippen LogP contribution in [0.15, 0.2) is 0 Å². The van der Waals surface area contributed by atoms with Crippen LogP contribution in [0.3, 0.4) is 0 Å². The summed E-state index contributed by atoms with van der Waals surface area (Å²) in [6.07, 6.45) is 8.51. The third-order valence-electron chi connectivity index (χ3n) is 4.35. The molecule has 16 heavy (non-hydrogen) atoms. The zero-order valence-electron chi connectivity index (χ0n) is 10.1. The van der Waals surface area contributed by atoms with Gasteiger partial charge in [-0.3, -0.25) is 0 Å². The molecule has 2 fully saturated rings. The van der Waals surface area contributed by atoms with Crippen molar-refractivity contribution in [2.75, 3.05) is 12.0 Å². The topological polar surface area (TPSA) is 60.2 Å². The number of fused-ring (bicyclic) bond motifs is 2. The lowest BCUT2D eigenvalue weighted by molar-refractivity contribution is 0.293. The third kappa shape index (κ3) is 3.20. The first kappa shape index (κ1) is 12.4. The van der Waals surface area contributed by atoms with Crippen LogP contribution >= 0.6 is 0 Å². The fraction of sp³-hybridized carbons (Fsp3) is 1.00. The number of hydrogen-bond donors (Lipinski definition) is 1. The van der Waals surface area contributed by atoms with Gasteiger partial charge in [-0.05, 0) is 49.9 Å². The van der Waals surface area contributed by atoms with E-state index in [4.69, 9.17) is 5.73 Å². The predicted octanol–water partition coefficient (Wildman–Crippen LogP) is 1.57. The quantitative estimate of drug-likeness (QED) is 0.800. The highest BCUT2D eigenvalue weighted by atomic mass is 32.2. The third-order valence-corrected chi connectivity index (χ3v) is 5.33. The van der Waals surface area contributed by atoms with E-state index in [2.05, 4.69) is 0 Å². The Bertz CT molecular complexity index is 339. The second-order valence-corrected chi connectivity index (χ2v) is 8.11. The molecule has 0 heterocycles. The van der Waals surface area contributed by atoms with Crippen molar-refractivity contribution in [2.45, 2.75) is 44.6 Å². The SMILES string of the molecule is CS(=O)(=O)CCC(N)CC1CC2CCC1C2. The van der Waals surface area contributed by atoms with E-state index in [-0.39, 0.29) is 11.8 Å². The highest BCUT2D eigenvalue weighted by Crippen LogP contribution is 2.49. The van der Waals surface area contributed by atoms with Gasteiger partial charge in [-0.15, -0.1) is 0 Å². The van der Waals surface area contributed by atoms with Crippen molar-refractivity contribution in [2.24, 2.45) is 23.5 Å². The minimum absolute atomic E-state index is 0.0825. The molecule has 4 atom stereocenters. The lowest BCUT2D eigenvalue weighted by atomic mass is 9.84. The standard InChI is InChI=1S/C12H23NO2S/c1-16(14,15)5-4-12(13)8-11-7-9-2-3-10(11)6-9/h9-12H,2-8,13H2,1H3. The fourth-order valence-electron chi connectivity index (χ4n) is 3.54. The molecule has 0 aromatic heterocycles. The highest BCUT2D eigenvalue weighted by Gasteiger charge is 2.39. The van der Waals surface area contributed by atoms with Gasteiger partial charge in [0.1, 0.15) is 9.84 Å². The van der Waals surface area contributed by atoms with Crippen LogP contribution in [0.25, 0.3) is 0 Å². The molecule has 0 aliphatic heterocycles. The second-order valence-electron chi connectivity index (χ2n) is 5.85. The van der Waals surface area contributed by atoms with Crippen molar-refractivity contribution in [1.82, 2.24) is 0 Å². The van der Waals surface area contributed by atoms with Crippen LogP contribution < -0.4 is 5.73 Å². The Labute approximate surface area is 98.7 Å². The van der Waals surface area contributed by atoms with Gasteiger partial charge in [-0.2, -0.15) is 0 Å². The molecule has 0 spiro atoms. The van der Waals surface area contributed by atoms with Crippen LogP contribution in [-0.2, 0) is 9.84 Å². The Morgan fingerprint density at radius 3 is 2.56 bits per heavy atom. The normalized spacial score (nSPS) is 35.5. The van der Waals surface area contributed by atoms with Crippen molar-refractivity contribution in [3.63, 3.8) is 0 Å². The summed E-state index contributed by atoms with van der Waals surface area (Å²) in [5.41, 5.74) is 6.03. The average Bonchev–Trinajstić information content (AvgIpc) is 2.75. The van der Waals surface area contributed by atoms with Gasteiger partial charge >= 0.3 is 0 Å². The van der Waals surface area contributed by atoms with Gasteiger partial charge in [0, 0.05) is 12.3 Å². The summed E-state index contributed by atoms with van der Waals surface area (Å²) in [6, 6.07) is 0.0825. The number of rotatable bonds is 5. The first-order valence-corrected chi connectivity index (χ1v) is 8.43. The van der Waals surface area contributed by atoms with Gasteiger partial charge in [-0.25, -0.2) is 8.42 Å². The van der Waals surface area contributed by atoms with Crippen molar-refractivity contribution >= 4 is 9.84 Å². The molecule has 0 aromatic rings. The van der Waals surface area contributed by atoms with Crippen molar-refractivity contribution in [3.05, 3.63) is 0 Å². The molecule has 2 aliphatic rings. The molecule has 0 aromatic carbocycles. The highest BCUT2D eigenvalue weighted by molar-refractivity contribution is 7.90. The van der Waals surface area contributed by atoms with E-state index in [0.29, 0.717) is 6.42 Å². The minimum Gasteiger partial charge on any atom is -0.328 e. The number of hydrogen-bond acceptors (Lipinski definition) is 3. The van der Waals surface area contributed by atoms with Crippen molar-refractivity contribution in [3.8, 4) is 0 Å². The molecule has 2 aliphatic carbocycles. The molecular formula is C12H23NO2S. The molecule has 94 valence electrons. The zero-order chi connectivity index (χ0) is 11.8.